The van der Waals surface area contributed by atoms with Gasteiger partial charge in [0, 0.05) is 22.6 Å². The van der Waals surface area contributed by atoms with Gasteiger partial charge < -0.3 is 40.3 Å². The molecule has 1 aliphatic carbocycles. The van der Waals surface area contributed by atoms with Gasteiger partial charge in [0.1, 0.15) is 25.8 Å². The average molecular weight is 868 g/mol. The van der Waals surface area contributed by atoms with Crippen LogP contribution in [0.4, 0.5) is 4.39 Å². The number of primary amides is 1. The number of hydrogen-bond donors (Lipinski definition) is 4. The van der Waals surface area contributed by atoms with E-state index in [1.807, 2.05) is 19.2 Å². The Morgan fingerprint density at radius 2 is 1.91 bits per heavy atom. The molecule has 0 radical (unpaired) electrons. The van der Waals surface area contributed by atoms with E-state index in [0.717, 1.165) is 41.3 Å². The molecule has 4 heterocycles. The van der Waals surface area contributed by atoms with Gasteiger partial charge in [-0.3, -0.25) is 14.4 Å². The third-order valence-electron chi connectivity index (χ3n) is 7.48. The summed E-state index contributed by atoms with van der Waals surface area (Å²) in [5, 5.41) is 15.5. The van der Waals surface area contributed by atoms with Gasteiger partial charge >= 0.3 is 5.97 Å². The van der Waals surface area contributed by atoms with Gasteiger partial charge in [-0.2, -0.15) is 6.41 Å². The summed E-state index contributed by atoms with van der Waals surface area (Å²) >= 11 is 0. The van der Waals surface area contributed by atoms with Crippen molar-refractivity contribution in [3.63, 3.8) is 0 Å². The molecule has 0 bridgehead atoms. The van der Waals surface area contributed by atoms with E-state index in [4.69, 9.17) is 15.5 Å². The number of aryl methyl sites for hydroxylation is 2. The summed E-state index contributed by atoms with van der Waals surface area (Å²) in [7, 11) is 0. The molecule has 5 N–H and O–H groups in total. The molecule has 1 unspecified atom stereocenters. The summed E-state index contributed by atoms with van der Waals surface area (Å²) < 4.78 is 25.7. The van der Waals surface area contributed by atoms with E-state index in [-0.39, 0.29) is 43.4 Å². The summed E-state index contributed by atoms with van der Waals surface area (Å²) in [6.45, 7) is 5.49. The first kappa shape index (κ1) is 33.8. The average Bonchev–Trinajstić information content (AvgIpc) is 3.39. The minimum absolute atomic E-state index is 0. The molecule has 45 heavy (non-hydrogen) atoms. The number of hydrogen-bond acceptors (Lipinski definition) is 9. The summed E-state index contributed by atoms with van der Waals surface area (Å²) in [5.74, 6) is -2.09. The number of fused-ring (bicyclic) bond motifs is 5. The van der Waals surface area contributed by atoms with Gasteiger partial charge in [0.05, 0.1) is 35.6 Å². The first-order chi connectivity index (χ1) is 21.1. The number of nitrogens with zero attached hydrogens (tertiary/aromatic N) is 2. The van der Waals surface area contributed by atoms with Crippen LogP contribution in [0.15, 0.2) is 16.9 Å². The fourth-order valence-corrected chi connectivity index (χ4v) is 5.53. The normalized spacial score (nSPS) is 15.0. The number of rotatable bonds is 7. The standard InChI is InChI=1S/C22H17FN2O4.C6H10N3O4.C2H6.Fm/c1-9-10-3-2-4-11-13-7-25-17(19(13)24-16(18(10)11)6-15(9)23)5-12-14(21(25)27)8-29-22(28)20(12)26;7-5(11)2-13-4-9-6(12)1-8-3-10;1-2;/h5-6,20,26H,2-4,7-8H2,1H3;1-2,4H2,(H2,7,11)(H,8,10)(H,9,12);1-2H3;/q;-1;;. The number of amides is 3. The minimum Gasteiger partial charge on any atom is -0.522 e. The Morgan fingerprint density at radius 3 is 2.60 bits per heavy atom. The number of pyridine rings is 2. The quantitative estimate of drug-likeness (QED) is 0.0681. The van der Waals surface area contributed by atoms with Crippen molar-refractivity contribution in [3.05, 3.63) is 61.7 Å². The maximum Gasteiger partial charge on any atom is 0.340 e. The first-order valence-corrected chi connectivity index (χ1v) is 14.1. The Kier molecular flexibility index (Phi) is 10.7. The van der Waals surface area contributed by atoms with Crippen molar-refractivity contribution < 1.29 is 38.1 Å². The van der Waals surface area contributed by atoms with Crippen LogP contribution in [-0.2, 0) is 54.6 Å². The van der Waals surface area contributed by atoms with Gasteiger partial charge in [-0.15, -0.1) is 0 Å². The second kappa shape index (κ2) is 14.2. The van der Waals surface area contributed by atoms with E-state index in [1.54, 1.807) is 17.6 Å². The molecule has 0 saturated heterocycles. The number of cyclic esters (lactones) is 1. The van der Waals surface area contributed by atoms with Crippen molar-refractivity contribution >= 4 is 35.1 Å². The number of nitrogens with one attached hydrogen (secondary N) is 2. The van der Waals surface area contributed by atoms with Crippen LogP contribution in [0.2, 0.25) is 0 Å². The molecular weight excluding hydrogens is 834 g/mol. The molecular formula is C30H33FFmN5O8-. The maximum atomic E-state index is 14.5. The molecule has 1 aromatic carbocycles. The van der Waals surface area contributed by atoms with Crippen molar-refractivity contribution in [1.29, 1.82) is 0 Å². The van der Waals surface area contributed by atoms with E-state index in [1.165, 1.54) is 12.5 Å². The third kappa shape index (κ3) is 6.48. The van der Waals surface area contributed by atoms with Crippen LogP contribution in [0.5, 0.6) is 0 Å². The minimum atomic E-state index is -1.48. The fourth-order valence-electron chi connectivity index (χ4n) is 5.53. The number of carbonyl (C=O) groups is 3. The number of halogens is 1. The van der Waals surface area contributed by atoms with E-state index in [0.29, 0.717) is 34.6 Å². The summed E-state index contributed by atoms with van der Waals surface area (Å²) in [6, 6.07) is 3.13. The number of aliphatic hydroxyl groups is 1. The molecule has 0 spiro atoms. The van der Waals surface area contributed by atoms with Gasteiger partial charge in [0.2, 0.25) is 11.8 Å². The molecule has 6 rings (SSSR count). The van der Waals surface area contributed by atoms with Crippen LogP contribution < -0.4 is 21.9 Å². The summed E-state index contributed by atoms with van der Waals surface area (Å²) in [4.78, 5) is 60.0. The first-order valence-electron chi connectivity index (χ1n) is 14.1. The van der Waals surface area contributed by atoms with Crippen LogP contribution >= 0.6 is 0 Å². The summed E-state index contributed by atoms with van der Waals surface area (Å²) in [6.07, 6.45) is 2.45. The zero-order chi connectivity index (χ0) is 32.1. The Bertz CT molecular complexity index is 1710. The Balaban J connectivity index is 0.000000296. The number of nitrogens with two attached hydrogens (primary N) is 1. The Morgan fingerprint density at radius 1 is 1.20 bits per heavy atom. The molecule has 246 valence electrons. The predicted octanol–water partition coefficient (Wildman–Crippen LogP) is 0.697. The van der Waals surface area contributed by atoms with Gasteiger partial charge in [-0.1, -0.05) is 13.8 Å². The molecule has 2 aromatic heterocycles. The van der Waals surface area contributed by atoms with E-state index in [2.05, 4.69) is 10.1 Å². The number of aliphatic hydroxyl groups excluding tert-OH is 1. The van der Waals surface area contributed by atoms with Crippen molar-refractivity contribution in [2.75, 3.05) is 19.9 Å². The number of aromatic nitrogens is 2. The Labute approximate surface area is 251 Å². The molecule has 3 aromatic rings. The SMILES string of the molecule is CC.Cc1c(F)cc2nc3c(c4c2c1CCC4)Cn1c-3cc2c(c1=O)COC(=O)C2O.NC(=O)COCNC(=O)CN[C-]=O.[Fm]. The molecule has 15 heteroatoms. The van der Waals surface area contributed by atoms with Crippen LogP contribution in [-0.4, -0.2) is 58.7 Å². The largest absolute Gasteiger partial charge is 0.522 e. The van der Waals surface area contributed by atoms with Gasteiger partial charge in [-0.05, 0) is 48.9 Å². The van der Waals surface area contributed by atoms with Crippen LogP contribution in [0.1, 0.15) is 59.8 Å². The monoisotopic (exact) mass is 867 g/mol. The number of ether oxygens (including phenoxy) is 2. The van der Waals surface area contributed by atoms with Crippen molar-refractivity contribution in [2.24, 2.45) is 5.73 Å². The van der Waals surface area contributed by atoms with Crippen molar-refractivity contribution in [2.45, 2.75) is 59.3 Å². The molecule has 0 saturated carbocycles. The molecule has 13 nitrogen and oxygen atoms in total. The number of carbonyl (C=O) groups excluding carboxylic acids is 4. The number of benzene rings is 1. The topological polar surface area (TPSA) is 192 Å². The van der Waals surface area contributed by atoms with E-state index in [9.17, 15) is 33.5 Å². The second-order valence-corrected chi connectivity index (χ2v) is 10.0. The maximum absolute atomic E-state index is 14.5. The molecule has 1 atom stereocenters. The van der Waals surface area contributed by atoms with Crippen LogP contribution in [0, 0.1) is 12.7 Å². The van der Waals surface area contributed by atoms with Crippen molar-refractivity contribution in [3.8, 4) is 11.4 Å². The summed E-state index contributed by atoms with van der Waals surface area (Å²) in [5.41, 5.74) is 10.6. The van der Waals surface area contributed by atoms with E-state index >= 15 is 0 Å². The van der Waals surface area contributed by atoms with E-state index < -0.39 is 23.9 Å². The number of esters is 1. The Hall–Kier alpha value is -5.69. The molecule has 3 amide bonds. The smallest absolute Gasteiger partial charge is 0.340 e. The second-order valence-electron chi connectivity index (χ2n) is 10.0. The molecule has 2 aliphatic heterocycles. The predicted molar refractivity (Wildman–Crippen MR) is 155 cm³/mol. The van der Waals surface area contributed by atoms with Crippen LogP contribution in [0.25, 0.3) is 22.3 Å². The molecule has 3 aliphatic rings. The van der Waals surface area contributed by atoms with Crippen LogP contribution in [0.3, 0.4) is 0 Å². The zero-order valence-corrected chi connectivity index (χ0v) is 27.2. The zero-order valence-electron chi connectivity index (χ0n) is 24.8. The molecule has 0 fully saturated rings. The van der Waals surface area contributed by atoms with Gasteiger partial charge in [0.25, 0.3) is 5.56 Å². The van der Waals surface area contributed by atoms with Gasteiger partial charge in [0.15, 0.2) is 6.10 Å². The van der Waals surface area contributed by atoms with Gasteiger partial charge in [-0.25, -0.2) is 14.2 Å². The van der Waals surface area contributed by atoms with Crippen molar-refractivity contribution in [1.82, 2.24) is 20.2 Å². The third-order valence-corrected chi connectivity index (χ3v) is 7.48. The fraction of sp³-hybridized carbons (Fsp3) is 0.400.